The fourth-order valence-corrected chi connectivity index (χ4v) is 3.54. The third-order valence-corrected chi connectivity index (χ3v) is 5.01. The van der Waals surface area contributed by atoms with Crippen molar-refractivity contribution in [1.82, 2.24) is 10.2 Å². The average molecular weight is 256 g/mol. The van der Waals surface area contributed by atoms with E-state index in [4.69, 9.17) is 0 Å². The second kappa shape index (κ2) is 4.07. The van der Waals surface area contributed by atoms with E-state index in [2.05, 4.69) is 22.3 Å². The van der Waals surface area contributed by atoms with Crippen LogP contribution in [0.1, 0.15) is 37.4 Å². The molecule has 1 atom stereocenters. The van der Waals surface area contributed by atoms with Gasteiger partial charge in [-0.1, -0.05) is 30.3 Å². The second-order valence-corrected chi connectivity index (χ2v) is 6.35. The van der Waals surface area contributed by atoms with Crippen molar-refractivity contribution in [2.45, 2.75) is 31.8 Å². The molecule has 0 spiro atoms. The van der Waals surface area contributed by atoms with E-state index in [0.29, 0.717) is 12.0 Å². The third kappa shape index (κ3) is 1.96. The van der Waals surface area contributed by atoms with Crippen molar-refractivity contribution in [1.29, 1.82) is 0 Å². The molecule has 1 N–H and O–H groups in total. The molecule has 0 aromatic heterocycles. The quantitative estimate of drug-likeness (QED) is 0.896. The smallest absolute Gasteiger partial charge is 0.238 e. The van der Waals surface area contributed by atoms with E-state index in [1.807, 2.05) is 18.2 Å². The summed E-state index contributed by atoms with van der Waals surface area (Å²) < 4.78 is 0. The number of benzene rings is 1. The van der Waals surface area contributed by atoms with Gasteiger partial charge in [0.15, 0.2) is 0 Å². The summed E-state index contributed by atoms with van der Waals surface area (Å²) in [5, 5.41) is 3.36. The summed E-state index contributed by atoms with van der Waals surface area (Å²) >= 11 is 0. The number of carbonyl (C=O) groups is 1. The molecule has 3 fully saturated rings. The predicted octanol–water partition coefficient (Wildman–Crippen LogP) is 2.31. The van der Waals surface area contributed by atoms with E-state index in [0.717, 1.165) is 12.5 Å². The molecule has 1 aromatic carbocycles. The van der Waals surface area contributed by atoms with Gasteiger partial charge in [-0.15, -0.1) is 0 Å². The lowest BCUT2D eigenvalue weighted by Crippen LogP contribution is -2.36. The van der Waals surface area contributed by atoms with E-state index in [1.165, 1.54) is 31.2 Å². The number of nitrogens with one attached hydrogen (secondary N) is 1. The molecule has 1 heterocycles. The van der Waals surface area contributed by atoms with Gasteiger partial charge in [-0.3, -0.25) is 10.1 Å². The van der Waals surface area contributed by atoms with Crippen LogP contribution in [-0.2, 0) is 4.79 Å². The molecule has 1 amide bonds. The molecule has 3 heteroatoms. The van der Waals surface area contributed by atoms with Crippen molar-refractivity contribution in [3.8, 4) is 0 Å². The maximum Gasteiger partial charge on any atom is 0.238 e. The van der Waals surface area contributed by atoms with Gasteiger partial charge in [-0.25, -0.2) is 0 Å². The van der Waals surface area contributed by atoms with Crippen LogP contribution in [0.5, 0.6) is 0 Å². The lowest BCUT2D eigenvalue weighted by Gasteiger charge is -2.29. The predicted molar refractivity (Wildman–Crippen MR) is 73.3 cm³/mol. The molecule has 1 aromatic rings. The largest absolute Gasteiger partial charge is 0.321 e. The number of carbonyl (C=O) groups excluding carboxylic acids is 1. The van der Waals surface area contributed by atoms with Gasteiger partial charge >= 0.3 is 0 Å². The first-order valence-corrected chi connectivity index (χ1v) is 7.36. The van der Waals surface area contributed by atoms with Crippen molar-refractivity contribution in [3.63, 3.8) is 0 Å². The van der Waals surface area contributed by atoms with Crippen LogP contribution in [-0.4, -0.2) is 23.9 Å². The van der Waals surface area contributed by atoms with Crippen LogP contribution in [0.25, 0.3) is 0 Å². The third-order valence-electron chi connectivity index (χ3n) is 5.01. The molecule has 2 aliphatic carbocycles. The van der Waals surface area contributed by atoms with Gasteiger partial charge in [0.2, 0.25) is 5.91 Å². The van der Waals surface area contributed by atoms with Crippen LogP contribution in [0.15, 0.2) is 30.3 Å². The summed E-state index contributed by atoms with van der Waals surface area (Å²) in [6.07, 6.45) is 5.49. The lowest BCUT2D eigenvalue weighted by atomic mass is 9.99. The van der Waals surface area contributed by atoms with Gasteiger partial charge in [0, 0.05) is 6.54 Å². The van der Waals surface area contributed by atoms with E-state index in [1.54, 1.807) is 0 Å². The first-order chi connectivity index (χ1) is 9.28. The normalized spacial score (nSPS) is 28.7. The van der Waals surface area contributed by atoms with Crippen molar-refractivity contribution in [2.24, 2.45) is 11.3 Å². The molecule has 3 nitrogen and oxygen atoms in total. The number of hydrogen-bond donors (Lipinski definition) is 1. The SMILES string of the molecule is O=C1CNC(c2ccccc2)N1CC1(C2CC2)CC1. The zero-order valence-electron chi connectivity index (χ0n) is 11.1. The van der Waals surface area contributed by atoms with Gasteiger partial charge in [-0.2, -0.15) is 0 Å². The summed E-state index contributed by atoms with van der Waals surface area (Å²) in [4.78, 5) is 14.3. The number of amides is 1. The van der Waals surface area contributed by atoms with Gasteiger partial charge in [0.25, 0.3) is 0 Å². The van der Waals surface area contributed by atoms with Gasteiger partial charge in [0.1, 0.15) is 6.17 Å². The van der Waals surface area contributed by atoms with E-state index in [9.17, 15) is 4.79 Å². The highest BCUT2D eigenvalue weighted by atomic mass is 16.2. The number of rotatable bonds is 4. The minimum Gasteiger partial charge on any atom is -0.321 e. The van der Waals surface area contributed by atoms with Crippen LogP contribution < -0.4 is 5.32 Å². The van der Waals surface area contributed by atoms with Crippen molar-refractivity contribution >= 4 is 5.91 Å². The summed E-state index contributed by atoms with van der Waals surface area (Å²) in [6, 6.07) is 10.3. The summed E-state index contributed by atoms with van der Waals surface area (Å²) in [5.41, 5.74) is 1.69. The summed E-state index contributed by atoms with van der Waals surface area (Å²) in [6.45, 7) is 1.45. The highest BCUT2D eigenvalue weighted by Crippen LogP contribution is 2.62. The van der Waals surface area contributed by atoms with E-state index in [-0.39, 0.29) is 12.1 Å². The Morgan fingerprint density at radius 1 is 1.21 bits per heavy atom. The Bertz CT molecular complexity index is 491. The van der Waals surface area contributed by atoms with Gasteiger partial charge < -0.3 is 4.90 Å². The van der Waals surface area contributed by atoms with Gasteiger partial charge in [-0.05, 0) is 42.6 Å². The maximum absolute atomic E-state index is 12.2. The summed E-state index contributed by atoms with van der Waals surface area (Å²) in [7, 11) is 0. The minimum absolute atomic E-state index is 0.0879. The van der Waals surface area contributed by atoms with Crippen molar-refractivity contribution < 1.29 is 4.79 Å². The minimum atomic E-state index is 0.0879. The molecule has 1 saturated heterocycles. The first kappa shape index (κ1) is 11.5. The molecule has 0 bridgehead atoms. The van der Waals surface area contributed by atoms with E-state index >= 15 is 0 Å². The van der Waals surface area contributed by atoms with Crippen molar-refractivity contribution in [3.05, 3.63) is 35.9 Å². The molecule has 100 valence electrons. The Hall–Kier alpha value is -1.35. The molecule has 4 rings (SSSR count). The molecule has 0 radical (unpaired) electrons. The fourth-order valence-electron chi connectivity index (χ4n) is 3.54. The monoisotopic (exact) mass is 256 g/mol. The highest BCUT2D eigenvalue weighted by Gasteiger charge is 2.55. The Kier molecular flexibility index (Phi) is 2.46. The molecular formula is C16H20N2O. The number of hydrogen-bond acceptors (Lipinski definition) is 2. The van der Waals surface area contributed by atoms with Gasteiger partial charge in [0.05, 0.1) is 6.54 Å². The van der Waals surface area contributed by atoms with Crippen LogP contribution in [0.3, 0.4) is 0 Å². The van der Waals surface area contributed by atoms with Crippen LogP contribution in [0.2, 0.25) is 0 Å². The molecular weight excluding hydrogens is 236 g/mol. The van der Waals surface area contributed by atoms with E-state index < -0.39 is 0 Å². The van der Waals surface area contributed by atoms with Crippen LogP contribution in [0.4, 0.5) is 0 Å². The molecule has 1 aliphatic heterocycles. The molecule has 19 heavy (non-hydrogen) atoms. The van der Waals surface area contributed by atoms with Crippen LogP contribution >= 0.6 is 0 Å². The maximum atomic E-state index is 12.2. The average Bonchev–Trinajstić information content (AvgIpc) is 3.32. The lowest BCUT2D eigenvalue weighted by molar-refractivity contribution is -0.129. The Labute approximate surface area is 114 Å². The Morgan fingerprint density at radius 2 is 1.95 bits per heavy atom. The first-order valence-electron chi connectivity index (χ1n) is 7.36. The second-order valence-electron chi connectivity index (χ2n) is 6.35. The van der Waals surface area contributed by atoms with Crippen LogP contribution in [0, 0.1) is 11.3 Å². The molecule has 2 saturated carbocycles. The molecule has 1 unspecified atom stereocenters. The molecule has 3 aliphatic rings. The fraction of sp³-hybridized carbons (Fsp3) is 0.562. The highest BCUT2D eigenvalue weighted by molar-refractivity contribution is 5.81. The standard InChI is InChI=1S/C16H20N2O/c19-14-10-17-15(12-4-2-1-3-5-12)18(14)11-16(8-9-16)13-6-7-13/h1-5,13,15,17H,6-11H2. The Morgan fingerprint density at radius 3 is 2.58 bits per heavy atom. The number of nitrogens with zero attached hydrogens (tertiary/aromatic N) is 1. The Balaban J connectivity index is 1.56. The zero-order valence-corrected chi connectivity index (χ0v) is 11.1. The summed E-state index contributed by atoms with van der Waals surface area (Å²) in [5.74, 6) is 1.16. The van der Waals surface area contributed by atoms with Crippen molar-refractivity contribution in [2.75, 3.05) is 13.1 Å². The topological polar surface area (TPSA) is 32.3 Å². The zero-order chi connectivity index (χ0) is 12.9.